The Labute approximate surface area is 227 Å². The molecule has 4 N–H and O–H groups in total. The number of fused-ring (bicyclic) bond motifs is 1. The number of carbonyl (C=O) groups is 2. The summed E-state index contributed by atoms with van der Waals surface area (Å²) in [5.74, 6) is -1.77. The van der Waals surface area contributed by atoms with Gasteiger partial charge in [-0.25, -0.2) is 18.6 Å². The monoisotopic (exact) mass is 555 g/mol. The number of benzene rings is 2. The summed E-state index contributed by atoms with van der Waals surface area (Å²) >= 11 is 0. The molecule has 5 rings (SSSR count). The molecule has 0 aliphatic carbocycles. The molecule has 1 saturated heterocycles. The van der Waals surface area contributed by atoms with E-state index in [-0.39, 0.29) is 24.9 Å². The lowest BCUT2D eigenvalue weighted by Gasteiger charge is -2.27. The third kappa shape index (κ3) is 5.75. The number of aromatic nitrogens is 2. The predicted molar refractivity (Wildman–Crippen MR) is 142 cm³/mol. The summed E-state index contributed by atoms with van der Waals surface area (Å²) in [5, 5.41) is 22.3. The maximum absolute atomic E-state index is 13.9. The second kappa shape index (κ2) is 11.5. The third-order valence-corrected chi connectivity index (χ3v) is 6.59. The van der Waals surface area contributed by atoms with Crippen molar-refractivity contribution < 1.29 is 33.0 Å². The van der Waals surface area contributed by atoms with Gasteiger partial charge in [-0.05, 0) is 25.0 Å². The molecule has 0 saturated carbocycles. The predicted octanol–water partition coefficient (Wildman–Crippen LogP) is 3.89. The number of carbonyl (C=O) groups excluding carboxylic acids is 1. The first kappa shape index (κ1) is 26.7. The molecule has 3 aromatic rings. The van der Waals surface area contributed by atoms with E-state index in [0.29, 0.717) is 41.4 Å². The number of amides is 2. The molecule has 40 heavy (non-hydrogen) atoms. The van der Waals surface area contributed by atoms with Crippen molar-refractivity contribution in [1.29, 1.82) is 0 Å². The molecular weight excluding hydrogens is 528 g/mol. The van der Waals surface area contributed by atoms with Crippen LogP contribution in [0.1, 0.15) is 24.6 Å². The summed E-state index contributed by atoms with van der Waals surface area (Å²) in [4.78, 5) is 29.8. The van der Waals surface area contributed by atoms with E-state index < -0.39 is 29.8 Å². The molecule has 14 heteroatoms. The zero-order valence-electron chi connectivity index (χ0n) is 21.4. The van der Waals surface area contributed by atoms with Crippen LogP contribution < -0.4 is 25.4 Å². The molecule has 0 bridgehead atoms. The fourth-order valence-corrected chi connectivity index (χ4v) is 4.67. The Bertz CT molecular complexity index is 1450. The minimum atomic E-state index is -1.14. The molecule has 2 amide bonds. The second-order valence-corrected chi connectivity index (χ2v) is 9.22. The van der Waals surface area contributed by atoms with Crippen LogP contribution in [0.3, 0.4) is 0 Å². The molecular formula is C26H27F2N7O5. The number of hydrogen-bond donors (Lipinski definition) is 4. The van der Waals surface area contributed by atoms with E-state index in [2.05, 4.69) is 26.0 Å². The molecule has 1 unspecified atom stereocenters. The Morgan fingerprint density at radius 2 is 2.12 bits per heavy atom. The van der Waals surface area contributed by atoms with E-state index in [0.717, 1.165) is 12.5 Å². The number of aliphatic imine (C=N–C) groups is 1. The first-order chi connectivity index (χ1) is 19.3. The number of nitrogens with zero attached hydrogens (tertiary/aromatic N) is 4. The van der Waals surface area contributed by atoms with E-state index in [1.165, 1.54) is 41.4 Å². The van der Waals surface area contributed by atoms with E-state index in [9.17, 15) is 23.5 Å². The van der Waals surface area contributed by atoms with Gasteiger partial charge in [0.2, 0.25) is 5.91 Å². The Morgan fingerprint density at radius 3 is 2.92 bits per heavy atom. The first-order valence-electron chi connectivity index (χ1n) is 12.5. The highest BCUT2D eigenvalue weighted by atomic mass is 19.2. The SMILES string of the molecule is COc1cc2c(c(OC[C@H]3CCCN3C(=O)O)c1)C(Nc1cnn(CC(=O)Nc3cccc(F)c3F)c1)N=CN2. The number of methoxy groups -OCH3 is 1. The Balaban J connectivity index is 1.29. The molecule has 0 spiro atoms. The minimum Gasteiger partial charge on any atom is -0.497 e. The lowest BCUT2D eigenvalue weighted by Crippen LogP contribution is -2.38. The van der Waals surface area contributed by atoms with Crippen LogP contribution in [0.15, 0.2) is 47.7 Å². The summed E-state index contributed by atoms with van der Waals surface area (Å²) in [5.41, 5.74) is 1.64. The molecule has 12 nitrogen and oxygen atoms in total. The van der Waals surface area contributed by atoms with Gasteiger partial charge in [0, 0.05) is 24.9 Å². The van der Waals surface area contributed by atoms with Crippen LogP contribution in [0, 0.1) is 11.6 Å². The van der Waals surface area contributed by atoms with E-state index >= 15 is 0 Å². The van der Waals surface area contributed by atoms with E-state index in [1.54, 1.807) is 18.3 Å². The van der Waals surface area contributed by atoms with Gasteiger partial charge in [-0.1, -0.05) is 6.07 Å². The molecule has 2 aliphatic heterocycles. The van der Waals surface area contributed by atoms with Crippen molar-refractivity contribution in [3.05, 3.63) is 59.9 Å². The van der Waals surface area contributed by atoms with Crippen molar-refractivity contribution in [1.82, 2.24) is 14.7 Å². The van der Waals surface area contributed by atoms with Crippen molar-refractivity contribution in [2.45, 2.75) is 31.6 Å². The van der Waals surface area contributed by atoms with Crippen LogP contribution in [-0.2, 0) is 11.3 Å². The van der Waals surface area contributed by atoms with Gasteiger partial charge in [-0.3, -0.25) is 9.48 Å². The molecule has 3 heterocycles. The maximum Gasteiger partial charge on any atom is 0.407 e. The lowest BCUT2D eigenvalue weighted by atomic mass is 10.1. The molecule has 0 radical (unpaired) electrons. The van der Waals surface area contributed by atoms with Crippen LogP contribution in [0.4, 0.5) is 30.6 Å². The van der Waals surface area contributed by atoms with Gasteiger partial charge in [0.05, 0.1) is 48.3 Å². The van der Waals surface area contributed by atoms with Crippen LogP contribution in [-0.4, -0.2) is 64.4 Å². The van der Waals surface area contributed by atoms with Gasteiger partial charge in [-0.15, -0.1) is 0 Å². The van der Waals surface area contributed by atoms with Crippen molar-refractivity contribution >= 4 is 35.4 Å². The number of anilines is 3. The topological polar surface area (TPSA) is 142 Å². The number of rotatable bonds is 9. The zero-order valence-corrected chi connectivity index (χ0v) is 21.4. The van der Waals surface area contributed by atoms with Gasteiger partial charge in [0.1, 0.15) is 24.7 Å². The largest absolute Gasteiger partial charge is 0.497 e. The maximum atomic E-state index is 13.9. The standard InChI is InChI=1S/C26H27F2N7O5/c1-39-17-8-20-23(21(9-17)40-13-16-4-3-7-35(16)26(37)38)25(30-14-29-20)32-15-10-31-34(11-15)12-22(36)33-19-6-2-5-18(27)24(19)28/h2,5-6,8-11,14,16,25,32H,3-4,7,12-13H2,1H3,(H,29,30)(H,33,36)(H,37,38)/t16-,25?/m1/s1. The summed E-state index contributed by atoms with van der Waals surface area (Å²) in [7, 11) is 1.54. The first-order valence-corrected chi connectivity index (χ1v) is 12.5. The average molecular weight is 556 g/mol. The summed E-state index contributed by atoms with van der Waals surface area (Å²) in [6.45, 7) is 0.396. The second-order valence-electron chi connectivity index (χ2n) is 9.22. The highest BCUT2D eigenvalue weighted by molar-refractivity contribution is 5.90. The van der Waals surface area contributed by atoms with Crippen molar-refractivity contribution in [3.8, 4) is 11.5 Å². The van der Waals surface area contributed by atoms with Crippen LogP contribution >= 0.6 is 0 Å². The van der Waals surface area contributed by atoms with Crippen LogP contribution in [0.5, 0.6) is 11.5 Å². The normalized spacial score (nSPS) is 17.6. The number of likely N-dealkylation sites (tertiary alicyclic amines) is 1. The Morgan fingerprint density at radius 1 is 1.27 bits per heavy atom. The van der Waals surface area contributed by atoms with Gasteiger partial charge in [0.15, 0.2) is 17.8 Å². The average Bonchev–Trinajstić information content (AvgIpc) is 3.59. The van der Waals surface area contributed by atoms with Crippen LogP contribution in [0.2, 0.25) is 0 Å². The van der Waals surface area contributed by atoms with Crippen LogP contribution in [0.25, 0.3) is 0 Å². The molecule has 1 fully saturated rings. The molecule has 1 aromatic heterocycles. The Hall–Kier alpha value is -4.88. The summed E-state index contributed by atoms with van der Waals surface area (Å²) in [6, 6.07) is 6.76. The fraction of sp³-hybridized carbons (Fsp3) is 0.308. The number of hydrogen-bond acceptors (Lipinski definition) is 8. The van der Waals surface area contributed by atoms with Crippen molar-refractivity contribution in [2.24, 2.45) is 4.99 Å². The molecule has 2 aromatic carbocycles. The zero-order chi connectivity index (χ0) is 28.2. The lowest BCUT2D eigenvalue weighted by molar-refractivity contribution is -0.116. The number of nitrogens with one attached hydrogen (secondary N) is 3. The van der Waals surface area contributed by atoms with Crippen molar-refractivity contribution in [3.63, 3.8) is 0 Å². The third-order valence-electron chi connectivity index (χ3n) is 6.59. The summed E-state index contributed by atoms with van der Waals surface area (Å²) in [6.07, 6.45) is 4.49. The highest BCUT2D eigenvalue weighted by Crippen LogP contribution is 2.40. The van der Waals surface area contributed by atoms with E-state index in [1.807, 2.05) is 0 Å². The number of carboxylic acid groups (broad SMARTS) is 1. The fourth-order valence-electron chi connectivity index (χ4n) is 4.67. The Kier molecular flexibility index (Phi) is 7.66. The number of ether oxygens (including phenoxy) is 2. The van der Waals surface area contributed by atoms with Gasteiger partial charge < -0.3 is 35.4 Å². The van der Waals surface area contributed by atoms with E-state index in [4.69, 9.17) is 9.47 Å². The van der Waals surface area contributed by atoms with Gasteiger partial charge in [0.25, 0.3) is 0 Å². The summed E-state index contributed by atoms with van der Waals surface area (Å²) < 4.78 is 40.2. The molecule has 2 aliphatic rings. The number of halogens is 2. The van der Waals surface area contributed by atoms with Gasteiger partial charge >= 0.3 is 6.09 Å². The minimum absolute atomic E-state index is 0.168. The molecule has 210 valence electrons. The smallest absolute Gasteiger partial charge is 0.407 e. The van der Waals surface area contributed by atoms with Crippen molar-refractivity contribution in [2.75, 3.05) is 36.2 Å². The quantitative estimate of drug-likeness (QED) is 0.312. The molecule has 2 atom stereocenters. The van der Waals surface area contributed by atoms with Gasteiger partial charge in [-0.2, -0.15) is 5.10 Å². The highest BCUT2D eigenvalue weighted by Gasteiger charge is 2.30.